The second-order valence-electron chi connectivity index (χ2n) is 6.17. The lowest BCUT2D eigenvalue weighted by molar-refractivity contribution is 0.355. The van der Waals surface area contributed by atoms with Crippen LogP contribution in [0.5, 0.6) is 17.2 Å². The summed E-state index contributed by atoms with van der Waals surface area (Å²) in [5.41, 5.74) is 1.34. The lowest BCUT2D eigenvalue weighted by Gasteiger charge is -2.09. The molecular formula is C20H18N4O6. The second kappa shape index (κ2) is 8.11. The van der Waals surface area contributed by atoms with Gasteiger partial charge in [-0.15, -0.1) is 0 Å². The van der Waals surface area contributed by atoms with Gasteiger partial charge in [0.1, 0.15) is 5.75 Å². The van der Waals surface area contributed by atoms with Gasteiger partial charge in [-0.3, -0.25) is 4.52 Å². The molecule has 4 rings (SSSR count). The van der Waals surface area contributed by atoms with Gasteiger partial charge in [0.25, 0.3) is 5.89 Å². The number of nitrogens with zero attached hydrogens (tertiary/aromatic N) is 4. The summed E-state index contributed by atoms with van der Waals surface area (Å²) in [6, 6.07) is 12.3. The van der Waals surface area contributed by atoms with E-state index in [0.29, 0.717) is 40.4 Å². The Bertz CT molecular complexity index is 1210. The number of hydrogen-bond donors (Lipinski definition) is 0. The summed E-state index contributed by atoms with van der Waals surface area (Å²) in [5.74, 6) is 2.05. The van der Waals surface area contributed by atoms with Gasteiger partial charge in [-0.2, -0.15) is 4.98 Å². The van der Waals surface area contributed by atoms with Crippen molar-refractivity contribution in [2.75, 3.05) is 21.3 Å². The van der Waals surface area contributed by atoms with Crippen LogP contribution in [0.25, 0.3) is 22.8 Å². The van der Waals surface area contributed by atoms with Gasteiger partial charge in [-0.05, 0) is 42.5 Å². The van der Waals surface area contributed by atoms with E-state index in [1.54, 1.807) is 56.7 Å². The first-order valence-electron chi connectivity index (χ1n) is 8.89. The largest absolute Gasteiger partial charge is 0.497 e. The van der Waals surface area contributed by atoms with E-state index in [1.807, 2.05) is 0 Å². The summed E-state index contributed by atoms with van der Waals surface area (Å²) < 4.78 is 27.2. The van der Waals surface area contributed by atoms with Crippen LogP contribution >= 0.6 is 0 Å². The smallest absolute Gasteiger partial charge is 0.442 e. The Hall–Kier alpha value is -4.08. The molecule has 0 aliphatic carbocycles. The molecule has 10 heteroatoms. The van der Waals surface area contributed by atoms with E-state index in [9.17, 15) is 4.79 Å². The van der Waals surface area contributed by atoms with Crippen molar-refractivity contribution in [3.05, 3.63) is 58.8 Å². The molecule has 0 aliphatic heterocycles. The van der Waals surface area contributed by atoms with Crippen LogP contribution in [0.4, 0.5) is 0 Å². The van der Waals surface area contributed by atoms with Crippen LogP contribution in [0.15, 0.2) is 56.3 Å². The highest BCUT2D eigenvalue weighted by atomic mass is 16.5. The molecule has 0 radical (unpaired) electrons. The van der Waals surface area contributed by atoms with Crippen molar-refractivity contribution < 1.29 is 23.3 Å². The number of hydrogen-bond acceptors (Lipinski definition) is 9. The van der Waals surface area contributed by atoms with Crippen LogP contribution in [0.3, 0.4) is 0 Å². The maximum atomic E-state index is 12.2. The van der Waals surface area contributed by atoms with Gasteiger partial charge >= 0.3 is 5.76 Å². The lowest BCUT2D eigenvalue weighted by Crippen LogP contribution is -2.17. The fraction of sp³-hybridized carbons (Fsp3) is 0.200. The molecule has 0 saturated carbocycles. The van der Waals surface area contributed by atoms with E-state index in [4.69, 9.17) is 23.3 Å². The molecule has 0 fully saturated rings. The lowest BCUT2D eigenvalue weighted by atomic mass is 10.2. The molecule has 154 valence electrons. The van der Waals surface area contributed by atoms with Crippen LogP contribution in [0.2, 0.25) is 0 Å². The molecule has 10 nitrogen and oxygen atoms in total. The van der Waals surface area contributed by atoms with E-state index >= 15 is 0 Å². The van der Waals surface area contributed by atoms with Crippen LogP contribution in [-0.4, -0.2) is 41.2 Å². The first kappa shape index (κ1) is 19.2. The van der Waals surface area contributed by atoms with Crippen LogP contribution in [0, 0.1) is 0 Å². The van der Waals surface area contributed by atoms with Crippen LogP contribution in [-0.2, 0) is 6.54 Å². The van der Waals surface area contributed by atoms with Crippen LogP contribution in [0.1, 0.15) is 5.82 Å². The zero-order chi connectivity index (χ0) is 21.1. The summed E-state index contributed by atoms with van der Waals surface area (Å²) in [6.45, 7) is 0.0195. The minimum absolute atomic E-state index is 0.0195. The SMILES string of the molecule is COc1ccc(-c2nc(Cn3c(-c4ccc(OC)c(OC)c4)noc3=O)no2)cc1. The summed E-state index contributed by atoms with van der Waals surface area (Å²) in [4.78, 5) is 16.6. The van der Waals surface area contributed by atoms with Gasteiger partial charge in [0.05, 0.1) is 27.9 Å². The normalized spacial score (nSPS) is 10.8. The van der Waals surface area contributed by atoms with E-state index in [1.165, 1.54) is 11.7 Å². The van der Waals surface area contributed by atoms with Crippen molar-refractivity contribution >= 4 is 0 Å². The monoisotopic (exact) mass is 410 g/mol. The van der Waals surface area contributed by atoms with E-state index in [2.05, 4.69) is 15.3 Å². The van der Waals surface area contributed by atoms with Gasteiger partial charge in [0, 0.05) is 11.1 Å². The highest BCUT2D eigenvalue weighted by molar-refractivity contribution is 5.61. The molecule has 0 amide bonds. The van der Waals surface area contributed by atoms with Crippen molar-refractivity contribution in [1.82, 2.24) is 19.9 Å². The third kappa shape index (κ3) is 3.62. The molecule has 0 spiro atoms. The quantitative estimate of drug-likeness (QED) is 0.453. The molecule has 0 N–H and O–H groups in total. The maximum absolute atomic E-state index is 12.2. The minimum Gasteiger partial charge on any atom is -0.497 e. The van der Waals surface area contributed by atoms with Gasteiger partial charge in [-0.25, -0.2) is 9.36 Å². The van der Waals surface area contributed by atoms with E-state index in [0.717, 1.165) is 5.56 Å². The van der Waals surface area contributed by atoms with E-state index in [-0.39, 0.29) is 6.54 Å². The van der Waals surface area contributed by atoms with Gasteiger partial charge in [0.2, 0.25) is 0 Å². The Kier molecular flexibility index (Phi) is 5.21. The zero-order valence-corrected chi connectivity index (χ0v) is 16.5. The number of methoxy groups -OCH3 is 3. The Morgan fingerprint density at radius 1 is 0.867 bits per heavy atom. The van der Waals surface area contributed by atoms with Crippen molar-refractivity contribution in [2.45, 2.75) is 6.54 Å². The van der Waals surface area contributed by atoms with Crippen molar-refractivity contribution in [1.29, 1.82) is 0 Å². The third-order valence-corrected chi connectivity index (χ3v) is 4.43. The molecule has 2 aromatic heterocycles. The number of rotatable bonds is 7. The van der Waals surface area contributed by atoms with Gasteiger partial charge in [0.15, 0.2) is 23.1 Å². The van der Waals surface area contributed by atoms with Gasteiger partial charge < -0.3 is 18.7 Å². The predicted octanol–water partition coefficient (Wildman–Crippen LogP) is 2.63. The average molecular weight is 410 g/mol. The molecule has 0 atom stereocenters. The average Bonchev–Trinajstić information content (AvgIpc) is 3.40. The molecule has 0 unspecified atom stereocenters. The highest BCUT2D eigenvalue weighted by Gasteiger charge is 2.18. The Labute approximate surface area is 170 Å². The standard InChI is InChI=1S/C20H18N4O6/c1-26-14-7-4-12(5-8-14)19-21-17(22-29-19)11-24-18(23-30-20(24)25)13-6-9-15(27-2)16(10-13)28-3/h4-10H,11H2,1-3H3. The number of ether oxygens (including phenoxy) is 3. The molecule has 4 aromatic rings. The fourth-order valence-corrected chi connectivity index (χ4v) is 2.90. The molecule has 2 heterocycles. The van der Waals surface area contributed by atoms with E-state index < -0.39 is 5.76 Å². The summed E-state index contributed by atoms with van der Waals surface area (Å²) in [7, 11) is 4.66. The third-order valence-electron chi connectivity index (χ3n) is 4.43. The fourth-order valence-electron chi connectivity index (χ4n) is 2.90. The minimum atomic E-state index is -0.643. The number of benzene rings is 2. The Morgan fingerprint density at radius 2 is 1.60 bits per heavy atom. The highest BCUT2D eigenvalue weighted by Crippen LogP contribution is 2.31. The molecule has 0 bridgehead atoms. The summed E-state index contributed by atoms with van der Waals surface area (Å²) in [6.07, 6.45) is 0. The first-order chi connectivity index (χ1) is 14.6. The van der Waals surface area contributed by atoms with Crippen LogP contribution < -0.4 is 20.0 Å². The molecular weight excluding hydrogens is 392 g/mol. The maximum Gasteiger partial charge on any atom is 0.442 e. The first-order valence-corrected chi connectivity index (χ1v) is 8.89. The molecule has 0 aliphatic rings. The van der Waals surface area contributed by atoms with Crippen molar-refractivity contribution in [2.24, 2.45) is 0 Å². The predicted molar refractivity (Wildman–Crippen MR) is 105 cm³/mol. The topological polar surface area (TPSA) is 115 Å². The molecule has 2 aromatic carbocycles. The second-order valence-corrected chi connectivity index (χ2v) is 6.17. The number of aromatic nitrogens is 4. The zero-order valence-electron chi connectivity index (χ0n) is 16.5. The van der Waals surface area contributed by atoms with Crippen molar-refractivity contribution in [3.63, 3.8) is 0 Å². The summed E-state index contributed by atoms with van der Waals surface area (Å²) >= 11 is 0. The summed E-state index contributed by atoms with van der Waals surface area (Å²) in [5, 5.41) is 7.83. The van der Waals surface area contributed by atoms with Gasteiger partial charge in [-0.1, -0.05) is 10.3 Å². The molecule has 0 saturated heterocycles. The van der Waals surface area contributed by atoms with Crippen molar-refractivity contribution in [3.8, 4) is 40.1 Å². The Balaban J connectivity index is 1.63. The molecule has 30 heavy (non-hydrogen) atoms. The Morgan fingerprint density at radius 3 is 2.30 bits per heavy atom.